The third-order valence-corrected chi connectivity index (χ3v) is 4.28. The van der Waals surface area contributed by atoms with Crippen LogP contribution in [0.5, 0.6) is 0 Å². The lowest BCUT2D eigenvalue weighted by Crippen LogP contribution is -2.19. The number of benzene rings is 2. The number of hydrogen-bond acceptors (Lipinski definition) is 1. The van der Waals surface area contributed by atoms with Crippen LogP contribution in [0, 0.1) is 5.82 Å². The average Bonchev–Trinajstić information content (AvgIpc) is 2.39. The second kappa shape index (κ2) is 6.90. The molecule has 0 spiro atoms. The van der Waals surface area contributed by atoms with Crippen LogP contribution in [0.25, 0.3) is 0 Å². The number of nitrogens with one attached hydrogen (secondary N) is 1. The molecule has 0 aromatic heterocycles. The normalized spacial score (nSPS) is 12.4. The Hall–Kier alpha value is -0.610. The van der Waals surface area contributed by atoms with Crippen molar-refractivity contribution >= 4 is 39.1 Å². The molecule has 0 saturated carbocycles. The standard InChI is InChI=1S/C15H13BrCl2FN/c1-20-15(12-5-4-10(17)7-13(12)16)6-9-2-3-11(18)8-14(9)19/h2-5,7-8,15,20H,6H2,1H3. The van der Waals surface area contributed by atoms with Gasteiger partial charge in [-0.2, -0.15) is 0 Å². The first-order valence-electron chi connectivity index (χ1n) is 6.07. The van der Waals surface area contributed by atoms with Gasteiger partial charge in [-0.3, -0.25) is 0 Å². The van der Waals surface area contributed by atoms with E-state index in [0.717, 1.165) is 10.0 Å². The fourth-order valence-electron chi connectivity index (χ4n) is 2.06. The van der Waals surface area contributed by atoms with E-state index in [9.17, 15) is 4.39 Å². The summed E-state index contributed by atoms with van der Waals surface area (Å²) in [4.78, 5) is 0. The summed E-state index contributed by atoms with van der Waals surface area (Å²) in [6.45, 7) is 0. The lowest BCUT2D eigenvalue weighted by molar-refractivity contribution is 0.553. The second-order valence-corrected chi connectivity index (χ2v) is 6.17. The summed E-state index contributed by atoms with van der Waals surface area (Å²) in [6, 6.07) is 10.3. The maximum Gasteiger partial charge on any atom is 0.127 e. The predicted molar refractivity (Wildman–Crippen MR) is 86.1 cm³/mol. The minimum absolute atomic E-state index is 0.0164. The Kier molecular flexibility index (Phi) is 5.44. The maximum absolute atomic E-state index is 13.9. The first kappa shape index (κ1) is 15.8. The molecule has 0 radical (unpaired) electrons. The maximum atomic E-state index is 13.9. The minimum atomic E-state index is -0.289. The van der Waals surface area contributed by atoms with Crippen LogP contribution in [0.3, 0.4) is 0 Å². The third kappa shape index (κ3) is 3.73. The molecule has 2 rings (SSSR count). The van der Waals surface area contributed by atoms with E-state index in [1.807, 2.05) is 25.2 Å². The molecule has 2 aromatic rings. The molecule has 2 aromatic carbocycles. The van der Waals surface area contributed by atoms with E-state index in [1.54, 1.807) is 12.1 Å². The molecule has 0 heterocycles. The number of hydrogen-bond donors (Lipinski definition) is 1. The van der Waals surface area contributed by atoms with E-state index >= 15 is 0 Å². The van der Waals surface area contributed by atoms with Crippen molar-refractivity contribution in [2.75, 3.05) is 7.05 Å². The largest absolute Gasteiger partial charge is 0.313 e. The highest BCUT2D eigenvalue weighted by atomic mass is 79.9. The summed E-state index contributed by atoms with van der Waals surface area (Å²) in [6.07, 6.45) is 0.528. The van der Waals surface area contributed by atoms with Gasteiger partial charge in [0.15, 0.2) is 0 Å². The van der Waals surface area contributed by atoms with Gasteiger partial charge in [-0.15, -0.1) is 0 Å². The fourth-order valence-corrected chi connectivity index (χ4v) is 3.18. The molecular weight excluding hydrogens is 364 g/mol. The van der Waals surface area contributed by atoms with Crippen molar-refractivity contribution in [3.05, 3.63) is 67.9 Å². The van der Waals surface area contributed by atoms with Crippen LogP contribution in [-0.4, -0.2) is 7.05 Å². The van der Waals surface area contributed by atoms with Crippen molar-refractivity contribution in [3.8, 4) is 0 Å². The highest BCUT2D eigenvalue weighted by Crippen LogP contribution is 2.29. The quantitative estimate of drug-likeness (QED) is 0.753. The molecule has 0 aliphatic carbocycles. The number of rotatable bonds is 4. The minimum Gasteiger partial charge on any atom is -0.313 e. The lowest BCUT2D eigenvalue weighted by atomic mass is 9.98. The molecule has 1 N–H and O–H groups in total. The van der Waals surface area contributed by atoms with E-state index < -0.39 is 0 Å². The summed E-state index contributed by atoms with van der Waals surface area (Å²) < 4.78 is 14.8. The van der Waals surface area contributed by atoms with Crippen molar-refractivity contribution in [1.29, 1.82) is 0 Å². The van der Waals surface area contributed by atoms with Crippen molar-refractivity contribution in [1.82, 2.24) is 5.32 Å². The summed E-state index contributed by atoms with van der Waals surface area (Å²) in [7, 11) is 1.85. The Bertz CT molecular complexity index is 619. The van der Waals surface area contributed by atoms with Gasteiger partial charge >= 0.3 is 0 Å². The Balaban J connectivity index is 2.28. The zero-order valence-electron chi connectivity index (χ0n) is 10.8. The summed E-state index contributed by atoms with van der Waals surface area (Å²) in [5, 5.41) is 4.26. The molecule has 1 nitrogen and oxygen atoms in total. The molecule has 0 saturated heterocycles. The number of halogens is 4. The highest BCUT2D eigenvalue weighted by Gasteiger charge is 2.15. The van der Waals surface area contributed by atoms with Crippen LogP contribution in [0.2, 0.25) is 10.0 Å². The molecule has 0 aliphatic heterocycles. The van der Waals surface area contributed by atoms with E-state index in [0.29, 0.717) is 22.0 Å². The Morgan fingerprint density at radius 2 is 1.80 bits per heavy atom. The van der Waals surface area contributed by atoms with E-state index in [2.05, 4.69) is 21.2 Å². The topological polar surface area (TPSA) is 12.0 Å². The van der Waals surface area contributed by atoms with Crippen molar-refractivity contribution < 1.29 is 4.39 Å². The van der Waals surface area contributed by atoms with Gasteiger partial charge in [-0.05, 0) is 48.9 Å². The molecule has 106 valence electrons. The van der Waals surface area contributed by atoms with E-state index in [4.69, 9.17) is 23.2 Å². The fraction of sp³-hybridized carbons (Fsp3) is 0.200. The van der Waals surface area contributed by atoms with Gasteiger partial charge in [0.1, 0.15) is 5.82 Å². The molecule has 0 aliphatic rings. The number of likely N-dealkylation sites (N-methyl/N-ethyl adjacent to an activating group) is 1. The van der Waals surface area contributed by atoms with Crippen molar-refractivity contribution in [2.45, 2.75) is 12.5 Å². The van der Waals surface area contributed by atoms with Crippen LogP contribution in [-0.2, 0) is 6.42 Å². The summed E-state index contributed by atoms with van der Waals surface area (Å²) in [5.74, 6) is -0.289. The molecule has 1 unspecified atom stereocenters. The molecule has 0 bridgehead atoms. The molecule has 1 atom stereocenters. The van der Waals surface area contributed by atoms with Gasteiger partial charge in [-0.1, -0.05) is 51.3 Å². The van der Waals surface area contributed by atoms with Gasteiger partial charge in [-0.25, -0.2) is 4.39 Å². The van der Waals surface area contributed by atoms with Crippen LogP contribution < -0.4 is 5.32 Å². The predicted octanol–water partition coefficient (Wildman–Crippen LogP) is 5.40. The van der Waals surface area contributed by atoms with Crippen LogP contribution in [0.1, 0.15) is 17.2 Å². The van der Waals surface area contributed by atoms with Crippen LogP contribution in [0.15, 0.2) is 40.9 Å². The molecular formula is C15H13BrCl2FN. The first-order chi connectivity index (χ1) is 9.51. The van der Waals surface area contributed by atoms with E-state index in [1.165, 1.54) is 6.07 Å². The van der Waals surface area contributed by atoms with Gasteiger partial charge in [0.05, 0.1) is 0 Å². The summed E-state index contributed by atoms with van der Waals surface area (Å²) >= 11 is 15.2. The monoisotopic (exact) mass is 375 g/mol. The molecule has 20 heavy (non-hydrogen) atoms. The van der Waals surface area contributed by atoms with Gasteiger partial charge < -0.3 is 5.32 Å². The van der Waals surface area contributed by atoms with Gasteiger partial charge in [0.2, 0.25) is 0 Å². The highest BCUT2D eigenvalue weighted by molar-refractivity contribution is 9.10. The zero-order chi connectivity index (χ0) is 14.7. The Morgan fingerprint density at radius 3 is 2.40 bits per heavy atom. The SMILES string of the molecule is CNC(Cc1ccc(Cl)cc1F)c1ccc(Cl)cc1Br. The average molecular weight is 377 g/mol. The molecule has 5 heteroatoms. The lowest BCUT2D eigenvalue weighted by Gasteiger charge is -2.19. The van der Waals surface area contributed by atoms with Crippen molar-refractivity contribution in [3.63, 3.8) is 0 Å². The zero-order valence-corrected chi connectivity index (χ0v) is 13.9. The third-order valence-electron chi connectivity index (χ3n) is 3.13. The van der Waals surface area contributed by atoms with Crippen LogP contribution in [0.4, 0.5) is 4.39 Å². The second-order valence-electron chi connectivity index (χ2n) is 4.45. The summed E-state index contributed by atoms with van der Waals surface area (Å²) in [5.41, 5.74) is 1.65. The smallest absolute Gasteiger partial charge is 0.127 e. The Morgan fingerprint density at radius 1 is 1.15 bits per heavy atom. The van der Waals surface area contributed by atoms with Gasteiger partial charge in [0.25, 0.3) is 0 Å². The van der Waals surface area contributed by atoms with E-state index in [-0.39, 0.29) is 11.9 Å². The van der Waals surface area contributed by atoms with Crippen LogP contribution >= 0.6 is 39.1 Å². The van der Waals surface area contributed by atoms with Gasteiger partial charge in [0, 0.05) is 20.6 Å². The Labute approximate surface area is 136 Å². The van der Waals surface area contributed by atoms with Crippen molar-refractivity contribution in [2.24, 2.45) is 0 Å². The molecule has 0 amide bonds. The first-order valence-corrected chi connectivity index (χ1v) is 7.62. The molecule has 0 fully saturated rings.